The Morgan fingerprint density at radius 1 is 1.14 bits per heavy atom. The molecule has 0 aliphatic heterocycles. The van der Waals surface area contributed by atoms with Crippen molar-refractivity contribution in [1.82, 2.24) is 14.6 Å². The summed E-state index contributed by atoms with van der Waals surface area (Å²) in [6.45, 7) is 4.76. The molecular weight excluding hydrogens is 276 g/mol. The van der Waals surface area contributed by atoms with Crippen LogP contribution in [0.25, 0.3) is 5.65 Å². The average Bonchev–Trinajstić information content (AvgIpc) is 2.86. The molecule has 114 valence electrons. The molecule has 0 spiro atoms. The number of fused-ring (bicyclic) bond motifs is 1. The van der Waals surface area contributed by atoms with Crippen LogP contribution < -0.4 is 9.64 Å². The standard InChI is InChI=1S/C17H20N4O/c1-12-9-17(21-16(18-12)8-13(2)19-21)20(3)11-14-6-5-7-15(10-14)22-4/h5-10H,11H2,1-4H3. The van der Waals surface area contributed by atoms with Gasteiger partial charge in [-0.25, -0.2) is 4.98 Å². The predicted octanol–water partition coefficient (Wildman–Crippen LogP) is 2.99. The van der Waals surface area contributed by atoms with Gasteiger partial charge in [0.2, 0.25) is 0 Å². The Morgan fingerprint density at radius 3 is 2.73 bits per heavy atom. The summed E-state index contributed by atoms with van der Waals surface area (Å²) in [4.78, 5) is 6.70. The lowest BCUT2D eigenvalue weighted by atomic mass is 10.2. The molecule has 0 N–H and O–H groups in total. The van der Waals surface area contributed by atoms with Crippen LogP contribution in [-0.4, -0.2) is 28.8 Å². The summed E-state index contributed by atoms with van der Waals surface area (Å²) in [5, 5.41) is 4.54. The number of hydrogen-bond donors (Lipinski definition) is 0. The van der Waals surface area contributed by atoms with Gasteiger partial charge in [0, 0.05) is 31.4 Å². The SMILES string of the molecule is COc1cccc(CN(C)c2cc(C)nc3cc(C)nn23)c1. The van der Waals surface area contributed by atoms with Gasteiger partial charge in [-0.05, 0) is 31.5 Å². The van der Waals surface area contributed by atoms with Crippen LogP contribution in [0.4, 0.5) is 5.82 Å². The molecule has 0 fully saturated rings. The zero-order valence-corrected chi connectivity index (χ0v) is 13.4. The molecule has 3 rings (SSSR count). The van der Waals surface area contributed by atoms with Gasteiger partial charge in [0.05, 0.1) is 12.8 Å². The highest BCUT2D eigenvalue weighted by Gasteiger charge is 2.11. The third-order valence-electron chi connectivity index (χ3n) is 3.60. The Labute approximate surface area is 130 Å². The van der Waals surface area contributed by atoms with E-state index in [9.17, 15) is 0 Å². The van der Waals surface area contributed by atoms with E-state index in [-0.39, 0.29) is 0 Å². The number of rotatable bonds is 4. The minimum Gasteiger partial charge on any atom is -0.497 e. The van der Waals surface area contributed by atoms with Crippen LogP contribution in [0.5, 0.6) is 5.75 Å². The molecule has 0 bridgehead atoms. The zero-order valence-electron chi connectivity index (χ0n) is 13.4. The fourth-order valence-corrected chi connectivity index (χ4v) is 2.59. The molecule has 0 unspecified atom stereocenters. The van der Waals surface area contributed by atoms with Crippen LogP contribution in [0.3, 0.4) is 0 Å². The molecular formula is C17H20N4O. The first-order valence-corrected chi connectivity index (χ1v) is 7.25. The van der Waals surface area contributed by atoms with Crippen molar-refractivity contribution in [2.75, 3.05) is 19.1 Å². The smallest absolute Gasteiger partial charge is 0.157 e. The molecule has 2 heterocycles. The maximum Gasteiger partial charge on any atom is 0.157 e. The van der Waals surface area contributed by atoms with Crippen molar-refractivity contribution in [1.29, 1.82) is 0 Å². The highest BCUT2D eigenvalue weighted by molar-refractivity contribution is 5.51. The quantitative estimate of drug-likeness (QED) is 0.742. The van der Waals surface area contributed by atoms with E-state index in [0.717, 1.165) is 35.1 Å². The fourth-order valence-electron chi connectivity index (χ4n) is 2.59. The monoisotopic (exact) mass is 296 g/mol. The Morgan fingerprint density at radius 2 is 1.95 bits per heavy atom. The minimum atomic E-state index is 0.772. The first kappa shape index (κ1) is 14.4. The fraction of sp³-hybridized carbons (Fsp3) is 0.294. The molecule has 0 saturated carbocycles. The number of ether oxygens (including phenoxy) is 1. The summed E-state index contributed by atoms with van der Waals surface area (Å²) in [6, 6.07) is 12.2. The van der Waals surface area contributed by atoms with Crippen molar-refractivity contribution in [2.24, 2.45) is 0 Å². The number of hydrogen-bond acceptors (Lipinski definition) is 4. The molecule has 0 aliphatic rings. The van der Waals surface area contributed by atoms with Crippen molar-refractivity contribution in [3.8, 4) is 5.75 Å². The summed E-state index contributed by atoms with van der Waals surface area (Å²) in [5.74, 6) is 1.90. The summed E-state index contributed by atoms with van der Waals surface area (Å²) in [5.41, 5.74) is 4.02. The largest absolute Gasteiger partial charge is 0.497 e. The number of aryl methyl sites for hydroxylation is 2. The van der Waals surface area contributed by atoms with E-state index in [2.05, 4.69) is 40.2 Å². The first-order chi connectivity index (χ1) is 10.6. The first-order valence-electron chi connectivity index (χ1n) is 7.25. The number of anilines is 1. The lowest BCUT2D eigenvalue weighted by molar-refractivity contribution is 0.414. The summed E-state index contributed by atoms with van der Waals surface area (Å²) in [7, 11) is 3.75. The van der Waals surface area contributed by atoms with Crippen molar-refractivity contribution in [3.63, 3.8) is 0 Å². The van der Waals surface area contributed by atoms with Crippen LogP contribution in [-0.2, 0) is 6.54 Å². The van der Waals surface area contributed by atoms with Crippen molar-refractivity contribution in [2.45, 2.75) is 20.4 Å². The lowest BCUT2D eigenvalue weighted by Crippen LogP contribution is -2.20. The van der Waals surface area contributed by atoms with Crippen LogP contribution in [0, 0.1) is 13.8 Å². The Bertz CT molecular complexity index is 810. The Hall–Kier alpha value is -2.56. The Balaban J connectivity index is 1.96. The van der Waals surface area contributed by atoms with Gasteiger partial charge in [-0.2, -0.15) is 9.61 Å². The third kappa shape index (κ3) is 2.74. The van der Waals surface area contributed by atoms with Crippen molar-refractivity contribution >= 4 is 11.5 Å². The van der Waals surface area contributed by atoms with E-state index >= 15 is 0 Å². The van der Waals surface area contributed by atoms with Gasteiger partial charge in [0.15, 0.2) is 5.65 Å². The molecule has 0 atom stereocenters. The molecule has 1 aromatic carbocycles. The van der Waals surface area contributed by atoms with Crippen LogP contribution in [0.2, 0.25) is 0 Å². The van der Waals surface area contributed by atoms with E-state index in [1.807, 2.05) is 36.6 Å². The number of benzene rings is 1. The van der Waals surface area contributed by atoms with E-state index in [0.29, 0.717) is 0 Å². The summed E-state index contributed by atoms with van der Waals surface area (Å²) in [6.07, 6.45) is 0. The van der Waals surface area contributed by atoms with E-state index in [1.54, 1.807) is 7.11 Å². The third-order valence-corrected chi connectivity index (χ3v) is 3.60. The van der Waals surface area contributed by atoms with Gasteiger partial charge in [0.1, 0.15) is 11.6 Å². The van der Waals surface area contributed by atoms with Crippen molar-refractivity contribution < 1.29 is 4.74 Å². The highest BCUT2D eigenvalue weighted by atomic mass is 16.5. The molecule has 2 aromatic heterocycles. The highest BCUT2D eigenvalue weighted by Crippen LogP contribution is 2.20. The summed E-state index contributed by atoms with van der Waals surface area (Å²) < 4.78 is 7.18. The molecule has 0 amide bonds. The topological polar surface area (TPSA) is 42.7 Å². The molecule has 5 heteroatoms. The van der Waals surface area contributed by atoms with Gasteiger partial charge >= 0.3 is 0 Å². The molecule has 0 aliphatic carbocycles. The molecule has 22 heavy (non-hydrogen) atoms. The second kappa shape index (κ2) is 5.67. The lowest BCUT2D eigenvalue weighted by Gasteiger charge is -2.20. The van der Waals surface area contributed by atoms with E-state index in [4.69, 9.17) is 4.74 Å². The van der Waals surface area contributed by atoms with Crippen LogP contribution >= 0.6 is 0 Å². The second-order valence-electron chi connectivity index (χ2n) is 5.52. The van der Waals surface area contributed by atoms with Gasteiger partial charge in [0.25, 0.3) is 0 Å². The maximum atomic E-state index is 5.29. The van der Waals surface area contributed by atoms with E-state index in [1.165, 1.54) is 5.56 Å². The van der Waals surface area contributed by atoms with Gasteiger partial charge in [-0.1, -0.05) is 12.1 Å². The van der Waals surface area contributed by atoms with Crippen molar-refractivity contribution in [3.05, 3.63) is 53.3 Å². The summed E-state index contributed by atoms with van der Waals surface area (Å²) >= 11 is 0. The Kier molecular flexibility index (Phi) is 3.71. The molecule has 3 aromatic rings. The minimum absolute atomic E-state index is 0.772. The predicted molar refractivity (Wildman–Crippen MR) is 87.6 cm³/mol. The normalized spacial score (nSPS) is 10.9. The van der Waals surface area contributed by atoms with Crippen LogP contribution in [0.15, 0.2) is 36.4 Å². The molecule has 0 saturated heterocycles. The van der Waals surface area contributed by atoms with Crippen LogP contribution in [0.1, 0.15) is 17.0 Å². The second-order valence-corrected chi connectivity index (χ2v) is 5.52. The number of methoxy groups -OCH3 is 1. The van der Waals surface area contributed by atoms with E-state index < -0.39 is 0 Å². The molecule has 0 radical (unpaired) electrons. The van der Waals surface area contributed by atoms with Gasteiger partial charge in [-0.15, -0.1) is 0 Å². The number of nitrogens with zero attached hydrogens (tertiary/aromatic N) is 4. The zero-order chi connectivity index (χ0) is 15.7. The molecule has 5 nitrogen and oxygen atoms in total. The maximum absolute atomic E-state index is 5.29. The van der Waals surface area contributed by atoms with Gasteiger partial charge < -0.3 is 9.64 Å². The number of aromatic nitrogens is 3. The van der Waals surface area contributed by atoms with Gasteiger partial charge in [-0.3, -0.25) is 0 Å². The average molecular weight is 296 g/mol.